The van der Waals surface area contributed by atoms with Crippen molar-refractivity contribution in [2.75, 3.05) is 0 Å². The normalized spacial score (nSPS) is 11.9. The van der Waals surface area contributed by atoms with E-state index in [4.69, 9.17) is 4.98 Å². The summed E-state index contributed by atoms with van der Waals surface area (Å²) in [6.07, 6.45) is 0. The lowest BCUT2D eigenvalue weighted by molar-refractivity contribution is 0.0699. The Labute approximate surface area is 192 Å². The molecule has 5 aromatic carbocycles. The van der Waals surface area contributed by atoms with Crippen LogP contribution in [0.5, 0.6) is 0 Å². The molecule has 7 rings (SSSR count). The Bertz CT molecular complexity index is 2020. The smallest absolute Gasteiger partial charge is 0.336 e. The standard InChI is InChI=1S/C29H16N2O3/c32-28-21-15-14-17(18-8-3-6-16-7-4-11-22(25(16)18)29(33)34)19-9-5-10-20(26(19)21)27-30-23-12-1-2-13-24(23)31(27)28/h1-15H,(H,33,34). The number of fused-ring (bicyclic) bond motifs is 5. The molecule has 0 spiro atoms. The van der Waals surface area contributed by atoms with E-state index < -0.39 is 5.97 Å². The van der Waals surface area contributed by atoms with Crippen LogP contribution in [-0.4, -0.2) is 20.5 Å². The Kier molecular flexibility index (Phi) is 3.65. The molecule has 5 heteroatoms. The highest BCUT2D eigenvalue weighted by Crippen LogP contribution is 2.39. The molecule has 0 bridgehead atoms. The summed E-state index contributed by atoms with van der Waals surface area (Å²) in [7, 11) is 0. The average Bonchev–Trinajstić information content (AvgIpc) is 3.26. The number of aromatic nitrogens is 2. The molecule has 160 valence electrons. The molecule has 2 aromatic heterocycles. The summed E-state index contributed by atoms with van der Waals surface area (Å²) < 4.78 is 1.69. The molecule has 1 N–H and O–H groups in total. The molecule has 7 aromatic rings. The van der Waals surface area contributed by atoms with E-state index in [1.165, 1.54) is 0 Å². The van der Waals surface area contributed by atoms with Gasteiger partial charge < -0.3 is 5.11 Å². The van der Waals surface area contributed by atoms with Crippen molar-refractivity contribution in [3.05, 3.63) is 107 Å². The monoisotopic (exact) mass is 440 g/mol. The molecule has 34 heavy (non-hydrogen) atoms. The number of benzene rings is 5. The second-order valence-corrected chi connectivity index (χ2v) is 8.47. The van der Waals surface area contributed by atoms with Crippen LogP contribution >= 0.6 is 0 Å². The molecule has 0 aliphatic carbocycles. The zero-order valence-corrected chi connectivity index (χ0v) is 17.8. The van der Waals surface area contributed by atoms with Gasteiger partial charge in [-0.1, -0.05) is 66.7 Å². The van der Waals surface area contributed by atoms with Gasteiger partial charge in [-0.2, -0.15) is 0 Å². The average molecular weight is 440 g/mol. The number of carboxylic acids is 1. The van der Waals surface area contributed by atoms with E-state index in [1.807, 2.05) is 78.9 Å². The summed E-state index contributed by atoms with van der Waals surface area (Å²) in [5, 5.41) is 14.7. The first kappa shape index (κ1) is 18.8. The molecule has 5 nitrogen and oxygen atoms in total. The zero-order chi connectivity index (χ0) is 23.0. The van der Waals surface area contributed by atoms with Gasteiger partial charge in [0.05, 0.1) is 16.6 Å². The minimum absolute atomic E-state index is 0.108. The second kappa shape index (κ2) is 6.62. The van der Waals surface area contributed by atoms with Gasteiger partial charge in [0.15, 0.2) is 0 Å². The Hall–Kier alpha value is -4.77. The Balaban J connectivity index is 1.68. The van der Waals surface area contributed by atoms with Gasteiger partial charge >= 0.3 is 5.97 Å². The highest BCUT2D eigenvalue weighted by molar-refractivity contribution is 6.21. The number of nitrogens with zero attached hydrogens (tertiary/aromatic N) is 2. The molecular weight excluding hydrogens is 424 g/mol. The number of carbonyl (C=O) groups is 1. The second-order valence-electron chi connectivity index (χ2n) is 8.47. The third-order valence-corrected chi connectivity index (χ3v) is 6.70. The third kappa shape index (κ3) is 2.35. The predicted octanol–water partition coefficient (Wildman–Crippen LogP) is 6.11. The molecule has 2 heterocycles. The molecule has 0 amide bonds. The number of hydrogen-bond acceptors (Lipinski definition) is 3. The van der Waals surface area contributed by atoms with Crippen LogP contribution in [-0.2, 0) is 0 Å². The minimum Gasteiger partial charge on any atom is -0.478 e. The lowest BCUT2D eigenvalue weighted by Crippen LogP contribution is -2.13. The number of pyridine rings is 1. The molecule has 0 unspecified atom stereocenters. The highest BCUT2D eigenvalue weighted by atomic mass is 16.4. The molecular formula is C29H16N2O3. The fraction of sp³-hybridized carbons (Fsp3) is 0. The maximum Gasteiger partial charge on any atom is 0.336 e. The van der Waals surface area contributed by atoms with Crippen molar-refractivity contribution in [3.63, 3.8) is 0 Å². The van der Waals surface area contributed by atoms with Crippen LogP contribution in [0, 0.1) is 0 Å². The summed E-state index contributed by atoms with van der Waals surface area (Å²) in [4.78, 5) is 30.4. The summed E-state index contributed by atoms with van der Waals surface area (Å²) in [6.45, 7) is 0. The molecule has 0 saturated heterocycles. The number of imidazole rings is 1. The van der Waals surface area contributed by atoms with Crippen LogP contribution in [0.1, 0.15) is 10.4 Å². The van der Waals surface area contributed by atoms with Crippen molar-refractivity contribution in [3.8, 4) is 11.1 Å². The number of aromatic carboxylic acids is 1. The van der Waals surface area contributed by atoms with E-state index in [0.717, 1.165) is 43.7 Å². The van der Waals surface area contributed by atoms with Crippen LogP contribution in [0.25, 0.3) is 60.1 Å². The molecule has 0 aliphatic heterocycles. The van der Waals surface area contributed by atoms with Gasteiger partial charge in [-0.3, -0.25) is 9.20 Å². The minimum atomic E-state index is -0.968. The number of rotatable bonds is 2. The van der Waals surface area contributed by atoms with E-state index in [-0.39, 0.29) is 11.1 Å². The maximum atomic E-state index is 13.6. The van der Waals surface area contributed by atoms with Crippen LogP contribution in [0.3, 0.4) is 0 Å². The van der Waals surface area contributed by atoms with Gasteiger partial charge in [0, 0.05) is 21.5 Å². The Morgan fingerprint density at radius 3 is 2.32 bits per heavy atom. The highest BCUT2D eigenvalue weighted by Gasteiger charge is 2.19. The zero-order valence-electron chi connectivity index (χ0n) is 17.8. The maximum absolute atomic E-state index is 13.6. The largest absolute Gasteiger partial charge is 0.478 e. The van der Waals surface area contributed by atoms with Gasteiger partial charge in [-0.05, 0) is 46.2 Å². The van der Waals surface area contributed by atoms with Crippen molar-refractivity contribution in [1.29, 1.82) is 0 Å². The molecule has 0 fully saturated rings. The van der Waals surface area contributed by atoms with Crippen molar-refractivity contribution in [2.24, 2.45) is 0 Å². The summed E-state index contributed by atoms with van der Waals surface area (Å²) in [5.41, 5.74) is 4.05. The van der Waals surface area contributed by atoms with Crippen LogP contribution < -0.4 is 5.56 Å². The van der Waals surface area contributed by atoms with Crippen LogP contribution in [0.4, 0.5) is 0 Å². The fourth-order valence-electron chi connectivity index (χ4n) is 5.28. The molecule has 0 aliphatic rings. The predicted molar refractivity (Wildman–Crippen MR) is 135 cm³/mol. The first-order valence-corrected chi connectivity index (χ1v) is 11.0. The summed E-state index contributed by atoms with van der Waals surface area (Å²) >= 11 is 0. The van der Waals surface area contributed by atoms with Crippen molar-refractivity contribution < 1.29 is 9.90 Å². The van der Waals surface area contributed by atoms with Gasteiger partial charge in [-0.15, -0.1) is 0 Å². The Morgan fingerprint density at radius 1 is 0.706 bits per heavy atom. The van der Waals surface area contributed by atoms with Gasteiger partial charge in [0.2, 0.25) is 0 Å². The molecule has 0 radical (unpaired) electrons. The Morgan fingerprint density at radius 2 is 1.47 bits per heavy atom. The van der Waals surface area contributed by atoms with Crippen molar-refractivity contribution in [1.82, 2.24) is 9.38 Å². The van der Waals surface area contributed by atoms with Gasteiger partial charge in [0.25, 0.3) is 5.56 Å². The number of para-hydroxylation sites is 2. The van der Waals surface area contributed by atoms with E-state index in [2.05, 4.69) is 0 Å². The summed E-state index contributed by atoms with van der Waals surface area (Å²) in [5.74, 6) is -0.968. The first-order valence-electron chi connectivity index (χ1n) is 11.0. The third-order valence-electron chi connectivity index (χ3n) is 6.70. The number of hydrogen-bond donors (Lipinski definition) is 1. The van der Waals surface area contributed by atoms with E-state index in [9.17, 15) is 14.7 Å². The van der Waals surface area contributed by atoms with E-state index in [0.29, 0.717) is 16.4 Å². The van der Waals surface area contributed by atoms with E-state index in [1.54, 1.807) is 16.5 Å². The quantitative estimate of drug-likeness (QED) is 0.352. The first-order chi connectivity index (χ1) is 16.6. The molecule has 0 atom stereocenters. The SMILES string of the molecule is O=C(O)c1cccc2cccc(-c3ccc4c(=O)n5c6ccccc6nc5c5cccc3c45)c12. The number of carboxylic acid groups (broad SMARTS) is 1. The van der Waals surface area contributed by atoms with E-state index >= 15 is 0 Å². The summed E-state index contributed by atoms with van der Waals surface area (Å²) in [6, 6.07) is 28.5. The van der Waals surface area contributed by atoms with Crippen molar-refractivity contribution in [2.45, 2.75) is 0 Å². The lowest BCUT2D eigenvalue weighted by atomic mass is 9.90. The van der Waals surface area contributed by atoms with Crippen LogP contribution in [0.15, 0.2) is 95.8 Å². The van der Waals surface area contributed by atoms with Gasteiger partial charge in [0.1, 0.15) is 5.65 Å². The van der Waals surface area contributed by atoms with Crippen LogP contribution in [0.2, 0.25) is 0 Å². The van der Waals surface area contributed by atoms with Gasteiger partial charge in [-0.25, -0.2) is 9.78 Å². The topological polar surface area (TPSA) is 71.7 Å². The fourth-order valence-corrected chi connectivity index (χ4v) is 5.28. The molecule has 0 saturated carbocycles. The van der Waals surface area contributed by atoms with Crippen molar-refractivity contribution >= 4 is 55.0 Å². The lowest BCUT2D eigenvalue weighted by Gasteiger charge is -2.14.